The Morgan fingerprint density at radius 1 is 1.00 bits per heavy atom. The van der Waals surface area contributed by atoms with E-state index < -0.39 is 0 Å². The van der Waals surface area contributed by atoms with Crippen molar-refractivity contribution in [1.82, 2.24) is 35.9 Å². The van der Waals surface area contributed by atoms with Gasteiger partial charge in [0.2, 0.25) is 0 Å². The molecule has 2 aromatic carbocycles. The molecule has 8 heteroatoms. The fourth-order valence-electron chi connectivity index (χ4n) is 4.63. The molecule has 1 fully saturated rings. The van der Waals surface area contributed by atoms with Crippen LogP contribution in [0.15, 0.2) is 54.7 Å². The number of carbonyl (C=O) groups is 1. The second kappa shape index (κ2) is 10.9. The molecule has 36 heavy (non-hydrogen) atoms. The molecule has 0 aliphatic carbocycles. The largest absolute Gasteiger partial charge is 0.354 e. The van der Waals surface area contributed by atoms with Crippen LogP contribution in [0.4, 0.5) is 0 Å². The molecule has 1 aliphatic rings. The van der Waals surface area contributed by atoms with Crippen LogP contribution < -0.4 is 16.0 Å². The Balaban J connectivity index is 1.33. The summed E-state index contributed by atoms with van der Waals surface area (Å²) in [7, 11) is 1.63. The zero-order valence-corrected chi connectivity index (χ0v) is 20.8. The summed E-state index contributed by atoms with van der Waals surface area (Å²) < 4.78 is 0. The average molecular weight is 484 g/mol. The number of nitrogens with one attached hydrogen (secondary N) is 5. The van der Waals surface area contributed by atoms with Gasteiger partial charge in [0.1, 0.15) is 23.0 Å². The van der Waals surface area contributed by atoms with Gasteiger partial charge in [0.15, 0.2) is 0 Å². The molecule has 1 atom stereocenters. The van der Waals surface area contributed by atoms with Gasteiger partial charge in [-0.2, -0.15) is 0 Å². The third-order valence-corrected chi connectivity index (χ3v) is 6.60. The first-order chi connectivity index (χ1) is 17.7. The Bertz CT molecular complexity index is 1300. The van der Waals surface area contributed by atoms with E-state index in [9.17, 15) is 4.79 Å². The highest BCUT2D eigenvalue weighted by Gasteiger charge is 2.20. The molecule has 2 aromatic heterocycles. The number of aromatic amines is 2. The second-order valence-electron chi connectivity index (χ2n) is 9.15. The van der Waals surface area contributed by atoms with E-state index in [0.29, 0.717) is 24.0 Å². The maximum atomic E-state index is 12.5. The van der Waals surface area contributed by atoms with Gasteiger partial charge in [-0.15, -0.1) is 0 Å². The van der Waals surface area contributed by atoms with Crippen molar-refractivity contribution in [3.63, 3.8) is 0 Å². The minimum absolute atomic E-state index is 0.176. The van der Waals surface area contributed by atoms with E-state index in [2.05, 4.69) is 74.2 Å². The third kappa shape index (κ3) is 5.10. The van der Waals surface area contributed by atoms with Crippen LogP contribution in [0.25, 0.3) is 33.6 Å². The fraction of sp³-hybridized carbons (Fsp3) is 0.321. The van der Waals surface area contributed by atoms with Crippen LogP contribution >= 0.6 is 0 Å². The van der Waals surface area contributed by atoms with Crippen LogP contribution in [0.3, 0.4) is 0 Å². The van der Waals surface area contributed by atoms with E-state index in [0.717, 1.165) is 65.5 Å². The highest BCUT2D eigenvalue weighted by Crippen LogP contribution is 2.29. The highest BCUT2D eigenvalue weighted by molar-refractivity contribution is 5.98. The summed E-state index contributed by atoms with van der Waals surface area (Å²) in [5.41, 5.74) is 6.42. The molecular weight excluding hydrogens is 450 g/mol. The summed E-state index contributed by atoms with van der Waals surface area (Å²) in [6, 6.07) is 17.0. The maximum Gasteiger partial charge on any atom is 0.269 e. The Morgan fingerprint density at radius 3 is 2.33 bits per heavy atom. The van der Waals surface area contributed by atoms with Gasteiger partial charge in [-0.1, -0.05) is 55.5 Å². The molecule has 0 radical (unpaired) electrons. The van der Waals surface area contributed by atoms with E-state index in [-0.39, 0.29) is 5.91 Å². The van der Waals surface area contributed by atoms with Gasteiger partial charge in [0.25, 0.3) is 5.91 Å². The fourth-order valence-corrected chi connectivity index (χ4v) is 4.63. The van der Waals surface area contributed by atoms with Crippen molar-refractivity contribution in [3.05, 3.63) is 72.1 Å². The Kier molecular flexibility index (Phi) is 7.25. The molecule has 1 aliphatic heterocycles. The Morgan fingerprint density at radius 2 is 1.69 bits per heavy atom. The molecule has 4 aromatic rings. The van der Waals surface area contributed by atoms with Crippen molar-refractivity contribution in [2.45, 2.75) is 38.8 Å². The van der Waals surface area contributed by atoms with E-state index in [4.69, 9.17) is 4.98 Å². The molecule has 3 heterocycles. The summed E-state index contributed by atoms with van der Waals surface area (Å²) in [4.78, 5) is 28.4. The number of imidazole rings is 2. The molecule has 0 saturated carbocycles. The summed E-state index contributed by atoms with van der Waals surface area (Å²) in [6.45, 7) is 4.67. The quantitative estimate of drug-likeness (QED) is 0.226. The Hall–Kier alpha value is -3.75. The van der Waals surface area contributed by atoms with Crippen molar-refractivity contribution in [2.75, 3.05) is 20.1 Å². The molecule has 186 valence electrons. The number of H-pyrrole nitrogens is 2. The summed E-state index contributed by atoms with van der Waals surface area (Å²) in [6.07, 6.45) is 5.28. The lowest BCUT2D eigenvalue weighted by molar-refractivity contribution is 0.0959. The highest BCUT2D eigenvalue weighted by atomic mass is 16.1. The number of nitrogens with zero attached hydrogens (tertiary/aromatic N) is 2. The lowest BCUT2D eigenvalue weighted by Gasteiger charge is -2.07. The van der Waals surface area contributed by atoms with Crippen LogP contribution in [0.2, 0.25) is 0 Å². The first-order valence-electron chi connectivity index (χ1n) is 12.7. The summed E-state index contributed by atoms with van der Waals surface area (Å²) >= 11 is 0. The molecule has 5 N–H and O–H groups in total. The third-order valence-electron chi connectivity index (χ3n) is 6.60. The predicted octanol–water partition coefficient (Wildman–Crippen LogP) is 4.42. The van der Waals surface area contributed by atoms with Crippen LogP contribution in [0.1, 0.15) is 54.4 Å². The Labute approximate surface area is 211 Å². The average Bonchev–Trinajstić information content (AvgIpc) is 3.70. The number of hydrogen-bond acceptors (Lipinski definition) is 5. The van der Waals surface area contributed by atoms with Gasteiger partial charge in [0, 0.05) is 12.6 Å². The number of hydrogen-bond donors (Lipinski definition) is 5. The monoisotopic (exact) mass is 483 g/mol. The van der Waals surface area contributed by atoms with E-state index in [1.807, 2.05) is 18.3 Å². The second-order valence-corrected chi connectivity index (χ2v) is 9.15. The molecule has 1 saturated heterocycles. The standard InChI is InChI=1S/C28H33N7O/c1-3-14-30-17-24-34-25(26(35-24)28(36)29-2)21-12-8-19(9-13-21)18-6-10-20(11-7-18)23-16-32-27(33-23)22-5-4-15-31-22/h6-13,16,22,30-31H,3-5,14-15,17H2,1-2H3,(H,29,36)(H,32,33)(H,34,35)/t22-/m0/s1. The van der Waals surface area contributed by atoms with Gasteiger partial charge in [-0.25, -0.2) is 9.97 Å². The van der Waals surface area contributed by atoms with E-state index in [1.54, 1.807) is 7.05 Å². The van der Waals surface area contributed by atoms with Crippen molar-refractivity contribution >= 4 is 5.91 Å². The SMILES string of the molecule is CCCNCc1nc(-c2ccc(-c3ccc(-c4cnc([C@@H]5CCCN5)[nH]4)cc3)cc2)c(C(=O)NC)[nH]1. The van der Waals surface area contributed by atoms with Gasteiger partial charge in [0.05, 0.1) is 24.5 Å². The normalized spacial score (nSPS) is 15.3. The van der Waals surface area contributed by atoms with Gasteiger partial charge < -0.3 is 25.9 Å². The van der Waals surface area contributed by atoms with E-state index >= 15 is 0 Å². The maximum absolute atomic E-state index is 12.5. The predicted molar refractivity (Wildman–Crippen MR) is 142 cm³/mol. The number of aromatic nitrogens is 4. The lowest BCUT2D eigenvalue weighted by Crippen LogP contribution is -2.19. The molecule has 1 amide bonds. The first-order valence-corrected chi connectivity index (χ1v) is 12.7. The lowest BCUT2D eigenvalue weighted by atomic mass is 10.0. The first kappa shape index (κ1) is 24.0. The van der Waals surface area contributed by atoms with E-state index in [1.165, 1.54) is 6.42 Å². The molecule has 0 spiro atoms. The summed E-state index contributed by atoms with van der Waals surface area (Å²) in [5, 5.41) is 9.52. The minimum Gasteiger partial charge on any atom is -0.354 e. The van der Waals surface area contributed by atoms with Crippen molar-refractivity contribution in [3.8, 4) is 33.6 Å². The molecular formula is C28H33N7O. The van der Waals surface area contributed by atoms with Crippen molar-refractivity contribution in [1.29, 1.82) is 0 Å². The van der Waals surface area contributed by atoms with Crippen molar-refractivity contribution in [2.24, 2.45) is 0 Å². The topological polar surface area (TPSA) is 111 Å². The number of rotatable bonds is 9. The molecule has 0 unspecified atom stereocenters. The van der Waals surface area contributed by atoms with Gasteiger partial charge in [-0.05, 0) is 49.0 Å². The van der Waals surface area contributed by atoms with Crippen LogP contribution in [0.5, 0.6) is 0 Å². The van der Waals surface area contributed by atoms with Crippen LogP contribution in [-0.2, 0) is 6.54 Å². The smallest absolute Gasteiger partial charge is 0.269 e. The zero-order chi connectivity index (χ0) is 24.9. The molecule has 8 nitrogen and oxygen atoms in total. The van der Waals surface area contributed by atoms with Gasteiger partial charge in [-0.3, -0.25) is 4.79 Å². The molecule has 5 rings (SSSR count). The van der Waals surface area contributed by atoms with Crippen LogP contribution in [0, 0.1) is 0 Å². The van der Waals surface area contributed by atoms with Crippen molar-refractivity contribution < 1.29 is 4.79 Å². The number of amides is 1. The zero-order valence-electron chi connectivity index (χ0n) is 20.8. The summed E-state index contributed by atoms with van der Waals surface area (Å²) in [5.74, 6) is 1.59. The molecule has 0 bridgehead atoms. The minimum atomic E-state index is -0.176. The van der Waals surface area contributed by atoms with Gasteiger partial charge >= 0.3 is 0 Å². The number of benzene rings is 2. The van der Waals surface area contributed by atoms with Crippen LogP contribution in [-0.4, -0.2) is 46.0 Å². The number of carbonyl (C=O) groups excluding carboxylic acids is 1.